The monoisotopic (exact) mass is 138 g/mol. The van der Waals surface area contributed by atoms with Gasteiger partial charge in [0, 0.05) is 14.1 Å². The number of nitrogens with zero attached hydrogens (tertiary/aromatic N) is 2. The Balaban J connectivity index is 2.98. The molecule has 0 aromatic carbocycles. The minimum atomic E-state index is 1.31. The summed E-state index contributed by atoms with van der Waals surface area (Å²) in [5.41, 5.74) is 2.64. The van der Waals surface area contributed by atoms with Crippen molar-refractivity contribution >= 4 is 6.08 Å². The molecule has 0 aliphatic rings. The van der Waals surface area contributed by atoms with Crippen molar-refractivity contribution in [1.29, 1.82) is 0 Å². The van der Waals surface area contributed by atoms with Crippen LogP contribution < -0.4 is 0 Å². The van der Waals surface area contributed by atoms with Gasteiger partial charge in [-0.1, -0.05) is 6.08 Å². The summed E-state index contributed by atoms with van der Waals surface area (Å²) >= 11 is 0. The fourth-order valence-electron chi connectivity index (χ4n) is 1.13. The molecule has 0 saturated carbocycles. The molecule has 1 aromatic rings. The Bertz CT molecular complexity index is 233. The lowest BCUT2D eigenvalue weighted by atomic mass is 10.3. The molecular weight excluding hydrogens is 124 g/mol. The molecule has 0 unspecified atom stereocenters. The van der Waals surface area contributed by atoms with Crippen LogP contribution in [0.25, 0.3) is 6.08 Å². The molecule has 0 aliphatic carbocycles. The summed E-state index contributed by atoms with van der Waals surface area (Å²) in [6, 6.07) is 0. The lowest BCUT2D eigenvalue weighted by Gasteiger charge is -2.22. The third-order valence-corrected chi connectivity index (χ3v) is 1.98. The molecule has 2 nitrogen and oxygen atoms in total. The van der Waals surface area contributed by atoms with Crippen LogP contribution >= 0.6 is 0 Å². The molecule has 1 rings (SSSR count). The first-order valence-corrected chi connectivity index (χ1v) is 3.49. The first-order valence-electron chi connectivity index (χ1n) is 3.49. The topological polar surface area (TPSA) is 9.86 Å². The Morgan fingerprint density at radius 2 is 1.80 bits per heavy atom. The van der Waals surface area contributed by atoms with Gasteiger partial charge in [-0.25, -0.2) is 0 Å². The average Bonchev–Trinajstić information content (AvgIpc) is 1.98. The van der Waals surface area contributed by atoms with Gasteiger partial charge >= 0.3 is 0 Å². The van der Waals surface area contributed by atoms with Crippen LogP contribution in [0, 0.1) is 6.92 Å². The second-order valence-electron chi connectivity index (χ2n) is 2.52. The van der Waals surface area contributed by atoms with Crippen molar-refractivity contribution in [1.82, 2.24) is 9.36 Å². The maximum Gasteiger partial charge on any atom is 0.0774 e. The quantitative estimate of drug-likeness (QED) is 0.559. The van der Waals surface area contributed by atoms with Crippen LogP contribution in [-0.4, -0.2) is 9.36 Å². The van der Waals surface area contributed by atoms with Crippen LogP contribution in [-0.2, 0) is 14.1 Å². The standard InChI is InChI=1S/C8H14N2/c1-5-6-8-7(2)9(3)10(8)4/h5-6H,1-4H3/b6-5-. The van der Waals surface area contributed by atoms with Gasteiger partial charge in [-0.05, 0) is 19.9 Å². The van der Waals surface area contributed by atoms with Crippen molar-refractivity contribution in [2.45, 2.75) is 13.8 Å². The fraction of sp³-hybridized carbons (Fsp3) is 0.500. The minimum Gasteiger partial charge on any atom is -0.291 e. The third kappa shape index (κ3) is 0.801. The van der Waals surface area contributed by atoms with Gasteiger partial charge in [0.05, 0.1) is 11.4 Å². The predicted molar refractivity (Wildman–Crippen MR) is 43.8 cm³/mol. The molecule has 0 spiro atoms. The number of hydrogen-bond acceptors (Lipinski definition) is 0. The molecule has 10 heavy (non-hydrogen) atoms. The highest BCUT2D eigenvalue weighted by molar-refractivity contribution is 5.48. The summed E-state index contributed by atoms with van der Waals surface area (Å²) in [6.45, 7) is 4.15. The maximum absolute atomic E-state index is 2.12. The third-order valence-electron chi connectivity index (χ3n) is 1.98. The van der Waals surface area contributed by atoms with E-state index in [-0.39, 0.29) is 0 Å². The molecule has 0 amide bonds. The highest BCUT2D eigenvalue weighted by Gasteiger charge is 2.06. The van der Waals surface area contributed by atoms with E-state index in [9.17, 15) is 0 Å². The lowest BCUT2D eigenvalue weighted by molar-refractivity contribution is 0.495. The summed E-state index contributed by atoms with van der Waals surface area (Å²) in [5.74, 6) is 0. The van der Waals surface area contributed by atoms with Crippen LogP contribution in [0.1, 0.15) is 18.3 Å². The molecule has 2 heteroatoms. The Morgan fingerprint density at radius 1 is 1.20 bits per heavy atom. The van der Waals surface area contributed by atoms with Gasteiger partial charge in [-0.15, -0.1) is 0 Å². The van der Waals surface area contributed by atoms with E-state index in [1.807, 2.05) is 6.92 Å². The van der Waals surface area contributed by atoms with Gasteiger partial charge in [-0.2, -0.15) is 0 Å². The van der Waals surface area contributed by atoms with E-state index in [2.05, 4.69) is 42.5 Å². The maximum atomic E-state index is 2.12. The molecular formula is C8H14N2. The lowest BCUT2D eigenvalue weighted by Crippen LogP contribution is -2.22. The zero-order valence-electron chi connectivity index (χ0n) is 7.05. The number of allylic oxidation sites excluding steroid dienone is 1. The fourth-order valence-corrected chi connectivity index (χ4v) is 1.13. The van der Waals surface area contributed by atoms with E-state index in [1.165, 1.54) is 11.4 Å². The zero-order chi connectivity index (χ0) is 7.72. The van der Waals surface area contributed by atoms with E-state index < -0.39 is 0 Å². The van der Waals surface area contributed by atoms with Crippen LogP contribution in [0.3, 0.4) is 0 Å². The minimum absolute atomic E-state index is 1.31. The van der Waals surface area contributed by atoms with Gasteiger partial charge in [0.1, 0.15) is 0 Å². The smallest absolute Gasteiger partial charge is 0.0774 e. The van der Waals surface area contributed by atoms with Gasteiger partial charge in [0.25, 0.3) is 0 Å². The Hall–Kier alpha value is -0.920. The summed E-state index contributed by atoms with van der Waals surface area (Å²) in [6.07, 6.45) is 4.18. The van der Waals surface area contributed by atoms with E-state index in [0.717, 1.165) is 0 Å². The molecule has 0 atom stereocenters. The van der Waals surface area contributed by atoms with Crippen LogP contribution in [0.15, 0.2) is 6.08 Å². The molecule has 56 valence electrons. The first-order chi connectivity index (χ1) is 4.68. The SMILES string of the molecule is C/C=C\c1c(C)n(C)n1C. The van der Waals surface area contributed by atoms with Crippen molar-refractivity contribution < 1.29 is 0 Å². The summed E-state index contributed by atoms with van der Waals surface area (Å²) in [7, 11) is 4.12. The van der Waals surface area contributed by atoms with Gasteiger partial charge in [-0.3, -0.25) is 9.36 Å². The molecule has 0 saturated heterocycles. The molecule has 0 N–H and O–H groups in total. The summed E-state index contributed by atoms with van der Waals surface area (Å²) < 4.78 is 4.24. The van der Waals surface area contributed by atoms with Crippen LogP contribution in [0.2, 0.25) is 0 Å². The van der Waals surface area contributed by atoms with E-state index in [4.69, 9.17) is 0 Å². The Morgan fingerprint density at radius 3 is 2.20 bits per heavy atom. The zero-order valence-corrected chi connectivity index (χ0v) is 7.05. The highest BCUT2D eigenvalue weighted by Crippen LogP contribution is 2.11. The van der Waals surface area contributed by atoms with Crippen molar-refractivity contribution in [3.05, 3.63) is 17.5 Å². The van der Waals surface area contributed by atoms with Gasteiger partial charge in [0.2, 0.25) is 0 Å². The largest absolute Gasteiger partial charge is 0.291 e. The second-order valence-corrected chi connectivity index (χ2v) is 2.52. The molecule has 0 radical (unpaired) electrons. The molecule has 0 fully saturated rings. The molecule has 0 aliphatic heterocycles. The Kier molecular flexibility index (Phi) is 1.70. The number of aromatic nitrogens is 2. The molecule has 1 heterocycles. The van der Waals surface area contributed by atoms with Crippen molar-refractivity contribution in [2.75, 3.05) is 0 Å². The van der Waals surface area contributed by atoms with Crippen LogP contribution in [0.5, 0.6) is 0 Å². The number of hydrogen-bond donors (Lipinski definition) is 0. The summed E-state index contributed by atoms with van der Waals surface area (Å²) in [5, 5.41) is 0. The van der Waals surface area contributed by atoms with E-state index in [1.54, 1.807) is 0 Å². The van der Waals surface area contributed by atoms with Crippen LogP contribution in [0.4, 0.5) is 0 Å². The Labute approximate surface area is 61.7 Å². The van der Waals surface area contributed by atoms with Gasteiger partial charge in [0.15, 0.2) is 0 Å². The van der Waals surface area contributed by atoms with Crippen molar-refractivity contribution in [3.63, 3.8) is 0 Å². The average molecular weight is 138 g/mol. The van der Waals surface area contributed by atoms with E-state index in [0.29, 0.717) is 0 Å². The van der Waals surface area contributed by atoms with Gasteiger partial charge < -0.3 is 0 Å². The predicted octanol–water partition coefficient (Wildman–Crippen LogP) is 1.71. The van der Waals surface area contributed by atoms with Crippen molar-refractivity contribution in [3.8, 4) is 0 Å². The highest BCUT2D eigenvalue weighted by atomic mass is 15.4. The van der Waals surface area contributed by atoms with Crippen molar-refractivity contribution in [2.24, 2.45) is 14.1 Å². The molecule has 1 aromatic heterocycles. The molecule has 0 bridgehead atoms. The summed E-state index contributed by atoms with van der Waals surface area (Å²) in [4.78, 5) is 0. The first kappa shape index (κ1) is 7.19. The second kappa shape index (κ2) is 2.37. The normalized spacial score (nSPS) is 11.6. The van der Waals surface area contributed by atoms with E-state index >= 15 is 0 Å². The number of rotatable bonds is 1.